The number of rotatable bonds is 10. The molecule has 2 N–H and O–H groups in total. The quantitative estimate of drug-likeness (QED) is 0.137. The van der Waals surface area contributed by atoms with E-state index in [4.69, 9.17) is 11.6 Å². The Morgan fingerprint density at radius 2 is 1.51 bits per heavy atom. The lowest BCUT2D eigenvalue weighted by molar-refractivity contribution is -0.137. The summed E-state index contributed by atoms with van der Waals surface area (Å²) in [6.45, 7) is 0. The molecular weight excluding hydrogens is 689 g/mol. The number of halogens is 4. The molecule has 2 amide bonds. The highest BCUT2D eigenvalue weighted by Gasteiger charge is 2.30. The third-order valence-electron chi connectivity index (χ3n) is 6.55. The predicted octanol–water partition coefficient (Wildman–Crippen LogP) is 8.68. The van der Waals surface area contributed by atoms with Gasteiger partial charge in [0.2, 0.25) is 11.8 Å². The number of amides is 2. The summed E-state index contributed by atoms with van der Waals surface area (Å²) in [5.74, 6) is -0.121. The number of alkyl halides is 3. The van der Waals surface area contributed by atoms with Crippen LogP contribution in [0.5, 0.6) is 0 Å². The number of carbonyl (C=O) groups is 2. The van der Waals surface area contributed by atoms with Crippen LogP contribution in [-0.4, -0.2) is 43.1 Å². The lowest BCUT2D eigenvalue weighted by Gasteiger charge is -2.11. The summed E-state index contributed by atoms with van der Waals surface area (Å²) in [5.41, 5.74) is 2.03. The SMILES string of the molecule is O=C(CSc1nc2ccc(NC(=O)CSc3nnc(-c4ccccc4Cl)n3-c3ccccc3)cc2s1)Nc1cccc(C(F)(F)F)c1. The first-order valence-corrected chi connectivity index (χ1v) is 17.0. The van der Waals surface area contributed by atoms with Gasteiger partial charge in [-0.3, -0.25) is 14.2 Å². The van der Waals surface area contributed by atoms with Crippen LogP contribution in [-0.2, 0) is 15.8 Å². The Bertz CT molecular complexity index is 2070. The highest BCUT2D eigenvalue weighted by Crippen LogP contribution is 2.34. The predicted molar refractivity (Wildman–Crippen MR) is 182 cm³/mol. The Hall–Kier alpha value is -4.37. The van der Waals surface area contributed by atoms with Gasteiger partial charge in [-0.25, -0.2) is 4.98 Å². The number of para-hydroxylation sites is 1. The fourth-order valence-corrected chi connectivity index (χ4v) is 7.34. The number of thiazole rings is 1. The molecule has 4 aromatic carbocycles. The largest absolute Gasteiger partial charge is 0.416 e. The molecule has 2 aromatic heterocycles. The minimum atomic E-state index is -4.50. The van der Waals surface area contributed by atoms with Gasteiger partial charge in [-0.1, -0.05) is 71.5 Å². The van der Waals surface area contributed by atoms with E-state index in [1.54, 1.807) is 24.3 Å². The lowest BCUT2D eigenvalue weighted by Crippen LogP contribution is -2.15. The van der Waals surface area contributed by atoms with E-state index in [2.05, 4.69) is 25.8 Å². The van der Waals surface area contributed by atoms with E-state index in [1.165, 1.54) is 47.0 Å². The van der Waals surface area contributed by atoms with Crippen molar-refractivity contribution >= 4 is 79.9 Å². The van der Waals surface area contributed by atoms with Crippen molar-refractivity contribution < 1.29 is 22.8 Å². The van der Waals surface area contributed by atoms with Crippen molar-refractivity contribution in [2.45, 2.75) is 15.7 Å². The summed E-state index contributed by atoms with van der Waals surface area (Å²) in [6, 6.07) is 26.7. The molecule has 0 atom stereocenters. The van der Waals surface area contributed by atoms with Crippen molar-refractivity contribution in [1.82, 2.24) is 19.7 Å². The standard InChI is InChI=1S/C32H22ClF3N6O2S3/c33-24-12-5-4-11-23(24)29-40-41-30(42(29)22-9-2-1-3-10-22)45-17-27(43)38-21-13-14-25-26(16-21)47-31(39-25)46-18-28(44)37-20-8-6-7-19(15-20)32(34,35)36/h1-16H,17-18H2,(H,37,44)(H,38,43). The average Bonchev–Trinajstić information content (AvgIpc) is 3.67. The molecule has 8 nitrogen and oxygen atoms in total. The van der Waals surface area contributed by atoms with E-state index >= 15 is 0 Å². The number of hydrogen-bond donors (Lipinski definition) is 2. The van der Waals surface area contributed by atoms with Gasteiger partial charge in [0.05, 0.1) is 32.3 Å². The maximum atomic E-state index is 13.0. The fraction of sp³-hybridized carbons (Fsp3) is 0.0938. The van der Waals surface area contributed by atoms with E-state index < -0.39 is 17.6 Å². The molecule has 15 heteroatoms. The van der Waals surface area contributed by atoms with E-state index in [1.807, 2.05) is 53.1 Å². The molecule has 238 valence electrons. The fourth-order valence-electron chi connectivity index (χ4n) is 4.46. The molecule has 0 fully saturated rings. The van der Waals surface area contributed by atoms with Crippen molar-refractivity contribution in [3.05, 3.63) is 108 Å². The zero-order valence-electron chi connectivity index (χ0n) is 24.0. The van der Waals surface area contributed by atoms with Crippen LogP contribution in [0.25, 0.3) is 27.3 Å². The van der Waals surface area contributed by atoms with Crippen LogP contribution in [0.1, 0.15) is 5.56 Å². The molecule has 6 rings (SSSR count). The molecule has 2 heterocycles. The molecule has 0 saturated carbocycles. The Kier molecular flexibility index (Phi) is 9.82. The molecule has 0 radical (unpaired) electrons. The second kappa shape index (κ2) is 14.2. The Labute approximate surface area is 283 Å². The third kappa shape index (κ3) is 7.96. The van der Waals surface area contributed by atoms with Crippen molar-refractivity contribution in [1.29, 1.82) is 0 Å². The monoisotopic (exact) mass is 710 g/mol. The molecule has 0 aliphatic rings. The molecule has 6 aromatic rings. The van der Waals surface area contributed by atoms with Gasteiger partial charge in [0.25, 0.3) is 0 Å². The summed E-state index contributed by atoms with van der Waals surface area (Å²) < 4.78 is 42.2. The zero-order chi connectivity index (χ0) is 33.0. The second-order valence-corrected chi connectivity index (χ2v) is 13.5. The molecule has 0 bridgehead atoms. The van der Waals surface area contributed by atoms with Crippen LogP contribution in [0.4, 0.5) is 24.5 Å². The summed E-state index contributed by atoms with van der Waals surface area (Å²) in [7, 11) is 0. The molecule has 0 unspecified atom stereocenters. The first kappa shape index (κ1) is 32.6. The summed E-state index contributed by atoms with van der Waals surface area (Å²) in [6.07, 6.45) is -4.50. The number of hydrogen-bond acceptors (Lipinski definition) is 8. The van der Waals surface area contributed by atoms with Crippen LogP contribution in [0.15, 0.2) is 107 Å². The van der Waals surface area contributed by atoms with Crippen LogP contribution in [0.2, 0.25) is 5.02 Å². The second-order valence-electron chi connectivity index (χ2n) is 9.87. The normalized spacial score (nSPS) is 11.5. The molecular formula is C32H22ClF3N6O2S3. The van der Waals surface area contributed by atoms with Gasteiger partial charge < -0.3 is 10.6 Å². The molecule has 0 aliphatic heterocycles. The third-order valence-corrected chi connectivity index (χ3v) is 9.97. The summed E-state index contributed by atoms with van der Waals surface area (Å²) in [4.78, 5) is 29.9. The van der Waals surface area contributed by atoms with Crippen molar-refractivity contribution in [3.8, 4) is 17.1 Å². The molecule has 0 aliphatic carbocycles. The number of anilines is 2. The number of fused-ring (bicyclic) bond motifs is 1. The maximum absolute atomic E-state index is 13.0. The molecule has 0 saturated heterocycles. The number of carbonyl (C=O) groups excluding carboxylic acids is 2. The van der Waals surface area contributed by atoms with Gasteiger partial charge in [0.15, 0.2) is 15.3 Å². The highest BCUT2D eigenvalue weighted by atomic mass is 35.5. The number of nitrogens with one attached hydrogen (secondary N) is 2. The van der Waals surface area contributed by atoms with Crippen molar-refractivity contribution in [3.63, 3.8) is 0 Å². The van der Waals surface area contributed by atoms with Gasteiger partial charge in [0, 0.05) is 22.6 Å². The Morgan fingerprint density at radius 3 is 2.26 bits per heavy atom. The minimum Gasteiger partial charge on any atom is -0.325 e. The number of nitrogens with zero attached hydrogens (tertiary/aromatic N) is 4. The van der Waals surface area contributed by atoms with Crippen molar-refractivity contribution in [2.75, 3.05) is 22.1 Å². The summed E-state index contributed by atoms with van der Waals surface area (Å²) in [5, 5.41) is 15.2. The van der Waals surface area contributed by atoms with E-state index in [-0.39, 0.29) is 23.1 Å². The lowest BCUT2D eigenvalue weighted by atomic mass is 10.2. The molecule has 0 spiro atoms. The topological polar surface area (TPSA) is 102 Å². The highest BCUT2D eigenvalue weighted by molar-refractivity contribution is 8.01. The van der Waals surface area contributed by atoms with Crippen LogP contribution >= 0.6 is 46.5 Å². The number of thioether (sulfide) groups is 2. The van der Waals surface area contributed by atoms with E-state index in [9.17, 15) is 22.8 Å². The first-order chi connectivity index (χ1) is 22.6. The minimum absolute atomic E-state index is 0.0390. The van der Waals surface area contributed by atoms with Crippen LogP contribution < -0.4 is 10.6 Å². The Balaban J connectivity index is 1.08. The maximum Gasteiger partial charge on any atom is 0.416 e. The zero-order valence-corrected chi connectivity index (χ0v) is 27.2. The van der Waals surface area contributed by atoms with Gasteiger partial charge in [0.1, 0.15) is 0 Å². The summed E-state index contributed by atoms with van der Waals surface area (Å²) >= 11 is 10.2. The van der Waals surface area contributed by atoms with Gasteiger partial charge in [-0.05, 0) is 60.7 Å². The molecule has 47 heavy (non-hydrogen) atoms. The smallest absolute Gasteiger partial charge is 0.325 e. The van der Waals surface area contributed by atoms with Crippen molar-refractivity contribution in [2.24, 2.45) is 0 Å². The van der Waals surface area contributed by atoms with Crippen LogP contribution in [0.3, 0.4) is 0 Å². The van der Waals surface area contributed by atoms with Gasteiger partial charge in [-0.2, -0.15) is 13.2 Å². The van der Waals surface area contributed by atoms with Gasteiger partial charge in [-0.15, -0.1) is 21.5 Å². The van der Waals surface area contributed by atoms with Crippen LogP contribution in [0, 0.1) is 0 Å². The Morgan fingerprint density at radius 1 is 0.809 bits per heavy atom. The van der Waals surface area contributed by atoms with E-state index in [0.717, 1.165) is 22.5 Å². The first-order valence-electron chi connectivity index (χ1n) is 13.8. The number of benzene rings is 4. The average molecular weight is 711 g/mol. The van der Waals surface area contributed by atoms with Gasteiger partial charge >= 0.3 is 6.18 Å². The number of aromatic nitrogens is 4. The van der Waals surface area contributed by atoms with E-state index in [0.29, 0.717) is 37.1 Å².